The summed E-state index contributed by atoms with van der Waals surface area (Å²) >= 11 is 0. The predicted octanol–water partition coefficient (Wildman–Crippen LogP) is -2.32. The predicted molar refractivity (Wildman–Crippen MR) is 152 cm³/mol. The molecule has 0 aliphatic rings. The highest BCUT2D eigenvalue weighted by atomic mass is 16.5. The van der Waals surface area contributed by atoms with Gasteiger partial charge >= 0.3 is 12.1 Å². The Bertz CT molecular complexity index is 1310. The SMILES string of the molecule is NC(=O)C[C@H](NC(=O)[C@H](CO)NC(=O)CNC(=O)CNC(=O)OCc1ccccc1)C(=O)N[C@@H](Cc1ccccc1)C(=O)O. The summed E-state index contributed by atoms with van der Waals surface area (Å²) in [6, 6.07) is 12.6. The van der Waals surface area contributed by atoms with Gasteiger partial charge in [-0.05, 0) is 11.1 Å². The number of primary amides is 1. The van der Waals surface area contributed by atoms with E-state index in [1.807, 2.05) is 0 Å². The third-order valence-corrected chi connectivity index (χ3v) is 5.82. The van der Waals surface area contributed by atoms with Crippen molar-refractivity contribution < 1.29 is 48.5 Å². The molecule has 0 bridgehead atoms. The second-order valence-corrected chi connectivity index (χ2v) is 9.32. The highest BCUT2D eigenvalue weighted by molar-refractivity contribution is 5.96. The van der Waals surface area contributed by atoms with Crippen molar-refractivity contribution in [2.45, 2.75) is 37.6 Å². The molecule has 0 heterocycles. The van der Waals surface area contributed by atoms with Gasteiger partial charge in [0.05, 0.1) is 19.6 Å². The molecule has 2 aromatic rings. The number of aliphatic hydroxyl groups excluding tert-OH is 1. The number of carbonyl (C=O) groups excluding carboxylic acids is 6. The average molecular weight is 615 g/mol. The fourth-order valence-corrected chi connectivity index (χ4v) is 3.61. The second kappa shape index (κ2) is 18.1. The third-order valence-electron chi connectivity index (χ3n) is 5.82. The topological polar surface area (TPSA) is 255 Å². The molecule has 0 spiro atoms. The Morgan fingerprint density at radius 3 is 1.82 bits per heavy atom. The van der Waals surface area contributed by atoms with Gasteiger partial charge in [0, 0.05) is 6.42 Å². The number of ether oxygens (including phenoxy) is 1. The van der Waals surface area contributed by atoms with Crippen LogP contribution in [0.15, 0.2) is 60.7 Å². The minimum atomic E-state index is -1.63. The van der Waals surface area contributed by atoms with Crippen molar-refractivity contribution in [2.75, 3.05) is 19.7 Å². The van der Waals surface area contributed by atoms with E-state index in [0.717, 1.165) is 5.56 Å². The molecule has 0 unspecified atom stereocenters. The Morgan fingerprint density at radius 1 is 0.705 bits per heavy atom. The maximum atomic E-state index is 12.8. The van der Waals surface area contributed by atoms with Gasteiger partial charge in [-0.2, -0.15) is 0 Å². The lowest BCUT2D eigenvalue weighted by Crippen LogP contribution is -2.58. The van der Waals surface area contributed by atoms with E-state index in [0.29, 0.717) is 5.56 Å². The molecular weight excluding hydrogens is 580 g/mol. The molecule has 0 aromatic heterocycles. The van der Waals surface area contributed by atoms with Crippen molar-refractivity contribution in [1.82, 2.24) is 26.6 Å². The number of nitrogens with two attached hydrogens (primary N) is 1. The van der Waals surface area contributed by atoms with Crippen LogP contribution in [0, 0.1) is 0 Å². The smallest absolute Gasteiger partial charge is 0.407 e. The van der Waals surface area contributed by atoms with Crippen LogP contribution in [-0.4, -0.2) is 89.6 Å². The number of rotatable bonds is 17. The first kappa shape index (κ1) is 34.7. The number of aliphatic carboxylic acids is 1. The van der Waals surface area contributed by atoms with Crippen LogP contribution in [0.2, 0.25) is 0 Å². The Kier molecular flexibility index (Phi) is 14.3. The van der Waals surface area contributed by atoms with Gasteiger partial charge < -0.3 is 47.3 Å². The number of hydrogen-bond acceptors (Lipinski definition) is 9. The lowest BCUT2D eigenvalue weighted by molar-refractivity contribution is -0.142. The standard InChI is InChI=1S/C28H34N6O10/c29-22(36)12-19(25(39)34-20(27(41)42)11-17-7-3-1-4-8-17)33-26(40)21(15-35)32-24(38)14-30-23(37)13-31-28(43)44-16-18-9-5-2-6-10-18/h1-10,19-21,35H,11-16H2,(H2,29,36)(H,30,37)(H,31,43)(H,32,38)(H,33,40)(H,34,39)(H,41,42)/t19-,20-,21-/m0/s1. The van der Waals surface area contributed by atoms with Crippen molar-refractivity contribution in [2.24, 2.45) is 5.73 Å². The summed E-state index contributed by atoms with van der Waals surface area (Å²) in [5.74, 6) is -6.16. The molecule has 6 amide bonds. The fourth-order valence-electron chi connectivity index (χ4n) is 3.61. The normalized spacial score (nSPS) is 12.4. The molecule has 0 radical (unpaired) electrons. The summed E-state index contributed by atoms with van der Waals surface area (Å²) in [5.41, 5.74) is 6.52. The molecule has 0 fully saturated rings. The Balaban J connectivity index is 1.85. The molecular formula is C28H34N6O10. The van der Waals surface area contributed by atoms with Gasteiger partial charge in [0.2, 0.25) is 29.5 Å². The van der Waals surface area contributed by atoms with E-state index < -0.39 is 85.8 Å². The zero-order valence-electron chi connectivity index (χ0n) is 23.5. The van der Waals surface area contributed by atoms with Crippen molar-refractivity contribution in [1.29, 1.82) is 0 Å². The first-order valence-corrected chi connectivity index (χ1v) is 13.3. The summed E-state index contributed by atoms with van der Waals surface area (Å²) in [6.45, 7) is -2.11. The van der Waals surface area contributed by atoms with Crippen molar-refractivity contribution in [3.63, 3.8) is 0 Å². The number of amides is 6. The van der Waals surface area contributed by atoms with Gasteiger partial charge in [-0.25, -0.2) is 9.59 Å². The fraction of sp³-hybridized carbons (Fsp3) is 0.321. The van der Waals surface area contributed by atoms with Gasteiger partial charge in [0.25, 0.3) is 0 Å². The zero-order valence-corrected chi connectivity index (χ0v) is 23.5. The molecule has 0 aliphatic carbocycles. The third kappa shape index (κ3) is 13.0. The summed E-state index contributed by atoms with van der Waals surface area (Å²) in [6.07, 6.45) is -1.67. The van der Waals surface area contributed by atoms with E-state index >= 15 is 0 Å². The number of carbonyl (C=O) groups is 7. The van der Waals surface area contributed by atoms with Crippen LogP contribution in [0.5, 0.6) is 0 Å². The van der Waals surface area contributed by atoms with E-state index in [-0.39, 0.29) is 13.0 Å². The Labute approximate surface area is 251 Å². The largest absolute Gasteiger partial charge is 0.480 e. The average Bonchev–Trinajstić information content (AvgIpc) is 3.00. The van der Waals surface area contributed by atoms with Crippen LogP contribution >= 0.6 is 0 Å². The summed E-state index contributed by atoms with van der Waals surface area (Å²) in [4.78, 5) is 84.8. The lowest BCUT2D eigenvalue weighted by atomic mass is 10.0. The van der Waals surface area contributed by atoms with E-state index in [9.17, 15) is 43.8 Å². The van der Waals surface area contributed by atoms with Crippen molar-refractivity contribution in [3.8, 4) is 0 Å². The first-order valence-electron chi connectivity index (χ1n) is 13.3. The maximum absolute atomic E-state index is 12.8. The van der Waals surface area contributed by atoms with Crippen LogP contribution in [0.25, 0.3) is 0 Å². The number of benzene rings is 2. The monoisotopic (exact) mass is 614 g/mol. The number of hydrogen-bond donors (Lipinski definition) is 8. The van der Waals surface area contributed by atoms with Gasteiger partial charge in [-0.1, -0.05) is 60.7 Å². The molecule has 236 valence electrons. The summed E-state index contributed by atoms with van der Waals surface area (Å²) in [5, 5.41) is 30.1. The molecule has 0 saturated carbocycles. The van der Waals surface area contributed by atoms with E-state index in [2.05, 4.69) is 26.6 Å². The van der Waals surface area contributed by atoms with Crippen LogP contribution < -0.4 is 32.3 Å². The lowest BCUT2D eigenvalue weighted by Gasteiger charge is -2.23. The molecule has 3 atom stereocenters. The van der Waals surface area contributed by atoms with Crippen molar-refractivity contribution in [3.05, 3.63) is 71.8 Å². The van der Waals surface area contributed by atoms with Gasteiger partial charge in [0.1, 0.15) is 31.3 Å². The molecule has 0 saturated heterocycles. The summed E-state index contributed by atoms with van der Waals surface area (Å²) < 4.78 is 4.96. The molecule has 9 N–H and O–H groups in total. The van der Waals surface area contributed by atoms with Crippen LogP contribution in [-0.2, 0) is 46.5 Å². The number of carboxylic acids is 1. The van der Waals surface area contributed by atoms with Crippen LogP contribution in [0.4, 0.5) is 4.79 Å². The van der Waals surface area contributed by atoms with E-state index in [1.54, 1.807) is 60.7 Å². The minimum Gasteiger partial charge on any atom is -0.480 e. The van der Waals surface area contributed by atoms with Gasteiger partial charge in [0.15, 0.2) is 0 Å². The number of nitrogens with one attached hydrogen (secondary N) is 5. The number of aliphatic hydroxyl groups is 1. The van der Waals surface area contributed by atoms with E-state index in [1.165, 1.54) is 0 Å². The molecule has 44 heavy (non-hydrogen) atoms. The summed E-state index contributed by atoms with van der Waals surface area (Å²) in [7, 11) is 0. The number of carboxylic acid groups (broad SMARTS) is 1. The molecule has 0 aliphatic heterocycles. The Morgan fingerprint density at radius 2 is 1.25 bits per heavy atom. The highest BCUT2D eigenvalue weighted by Crippen LogP contribution is 2.05. The molecule has 16 nitrogen and oxygen atoms in total. The van der Waals surface area contributed by atoms with Crippen LogP contribution in [0.1, 0.15) is 17.5 Å². The van der Waals surface area contributed by atoms with Gasteiger partial charge in [-0.15, -0.1) is 0 Å². The van der Waals surface area contributed by atoms with Crippen LogP contribution in [0.3, 0.4) is 0 Å². The van der Waals surface area contributed by atoms with Gasteiger partial charge in [-0.3, -0.25) is 24.0 Å². The quantitative estimate of drug-likeness (QED) is 0.0943. The molecule has 2 rings (SSSR count). The zero-order chi connectivity index (χ0) is 32.5. The highest BCUT2D eigenvalue weighted by Gasteiger charge is 2.30. The molecule has 16 heteroatoms. The second-order valence-electron chi connectivity index (χ2n) is 9.32. The van der Waals surface area contributed by atoms with Crippen molar-refractivity contribution >= 4 is 41.6 Å². The minimum absolute atomic E-state index is 0.0168. The Hall–Kier alpha value is -5.51. The number of alkyl carbamates (subject to hydrolysis) is 1. The first-order chi connectivity index (χ1) is 21.0. The molecule has 2 aromatic carbocycles. The van der Waals surface area contributed by atoms with E-state index in [4.69, 9.17) is 10.5 Å². The maximum Gasteiger partial charge on any atom is 0.407 e.